The summed E-state index contributed by atoms with van der Waals surface area (Å²) in [6, 6.07) is 21.8. The quantitative estimate of drug-likeness (QED) is 0.234. The van der Waals surface area contributed by atoms with Crippen LogP contribution in [0.25, 0.3) is 0 Å². The van der Waals surface area contributed by atoms with Crippen LogP contribution in [-0.4, -0.2) is 35.9 Å². The molecule has 3 rings (SSSR count). The lowest BCUT2D eigenvalue weighted by molar-refractivity contribution is -0.142. The van der Waals surface area contributed by atoms with E-state index in [4.69, 9.17) is 27.9 Å². The predicted octanol–water partition coefficient (Wildman–Crippen LogP) is 7.23. The lowest BCUT2D eigenvalue weighted by Crippen LogP contribution is -2.51. The number of rotatable bonds is 12. The molecular formula is C32H38Cl2N2O3. The highest BCUT2D eigenvalue weighted by atomic mass is 35.5. The van der Waals surface area contributed by atoms with Crippen molar-refractivity contribution in [1.29, 1.82) is 0 Å². The summed E-state index contributed by atoms with van der Waals surface area (Å²) < 4.78 is 6.10. The standard InChI is InChI=1S/C32H38Cl2N2O3/c1-5-6-18-35-31(38)28(19-23-12-8-7-9-13-23)36(21-24-16-17-25(33)20-27(24)34)30(37)22-39-29-15-11-10-14-26(29)32(2,3)4/h7-17,20,28H,5-6,18-19,21-22H2,1-4H3,(H,35,38). The molecule has 0 aliphatic rings. The molecule has 0 bridgehead atoms. The van der Waals surface area contributed by atoms with Crippen molar-refractivity contribution in [3.05, 3.63) is 99.5 Å². The maximum absolute atomic E-state index is 13.9. The van der Waals surface area contributed by atoms with Gasteiger partial charge in [0.05, 0.1) is 0 Å². The molecule has 0 aliphatic heterocycles. The summed E-state index contributed by atoms with van der Waals surface area (Å²) >= 11 is 12.6. The van der Waals surface area contributed by atoms with E-state index in [9.17, 15) is 9.59 Å². The molecule has 0 aliphatic carbocycles. The maximum Gasteiger partial charge on any atom is 0.261 e. The Balaban J connectivity index is 1.95. The number of ether oxygens (including phenoxy) is 1. The fraction of sp³-hybridized carbons (Fsp3) is 0.375. The summed E-state index contributed by atoms with van der Waals surface area (Å²) in [6.45, 7) is 8.83. The molecule has 1 unspecified atom stereocenters. The SMILES string of the molecule is CCCCNC(=O)C(Cc1ccccc1)N(Cc1ccc(Cl)cc1Cl)C(=O)COc1ccccc1C(C)(C)C. The zero-order valence-corrected chi connectivity index (χ0v) is 24.7. The van der Waals surface area contributed by atoms with Gasteiger partial charge in [-0.05, 0) is 46.7 Å². The van der Waals surface area contributed by atoms with Gasteiger partial charge in [-0.1, -0.05) is 112 Å². The van der Waals surface area contributed by atoms with Gasteiger partial charge in [0.25, 0.3) is 5.91 Å². The predicted molar refractivity (Wildman–Crippen MR) is 160 cm³/mol. The van der Waals surface area contributed by atoms with Crippen molar-refractivity contribution < 1.29 is 14.3 Å². The van der Waals surface area contributed by atoms with Gasteiger partial charge in [-0.15, -0.1) is 0 Å². The van der Waals surface area contributed by atoms with E-state index in [1.807, 2.05) is 54.6 Å². The molecule has 7 heteroatoms. The van der Waals surface area contributed by atoms with Gasteiger partial charge in [-0.2, -0.15) is 0 Å². The van der Waals surface area contributed by atoms with E-state index in [0.717, 1.165) is 24.0 Å². The van der Waals surface area contributed by atoms with E-state index in [2.05, 4.69) is 33.0 Å². The molecule has 0 saturated heterocycles. The molecule has 1 atom stereocenters. The van der Waals surface area contributed by atoms with Gasteiger partial charge < -0.3 is 15.0 Å². The third-order valence-corrected chi connectivity index (χ3v) is 7.09. The van der Waals surface area contributed by atoms with Crippen molar-refractivity contribution in [3.63, 3.8) is 0 Å². The van der Waals surface area contributed by atoms with E-state index in [0.29, 0.717) is 34.3 Å². The van der Waals surface area contributed by atoms with Gasteiger partial charge in [0.2, 0.25) is 5.91 Å². The van der Waals surface area contributed by atoms with Gasteiger partial charge in [-0.3, -0.25) is 9.59 Å². The second-order valence-electron chi connectivity index (χ2n) is 10.6. The molecule has 0 radical (unpaired) electrons. The molecule has 0 heterocycles. The molecule has 208 valence electrons. The number of carbonyl (C=O) groups excluding carboxylic acids is 2. The van der Waals surface area contributed by atoms with Gasteiger partial charge in [0, 0.05) is 29.6 Å². The zero-order valence-electron chi connectivity index (χ0n) is 23.2. The molecule has 1 N–H and O–H groups in total. The van der Waals surface area contributed by atoms with Gasteiger partial charge in [0.15, 0.2) is 6.61 Å². The number of nitrogens with one attached hydrogen (secondary N) is 1. The summed E-state index contributed by atoms with van der Waals surface area (Å²) in [7, 11) is 0. The smallest absolute Gasteiger partial charge is 0.261 e. The number of carbonyl (C=O) groups is 2. The summed E-state index contributed by atoms with van der Waals surface area (Å²) in [5, 5.41) is 3.96. The molecule has 0 spiro atoms. The van der Waals surface area contributed by atoms with Crippen LogP contribution in [0.4, 0.5) is 0 Å². The molecule has 5 nitrogen and oxygen atoms in total. The van der Waals surface area contributed by atoms with E-state index >= 15 is 0 Å². The molecule has 0 aromatic heterocycles. The average Bonchev–Trinajstić information content (AvgIpc) is 2.90. The van der Waals surface area contributed by atoms with E-state index < -0.39 is 6.04 Å². The average molecular weight is 570 g/mol. The van der Waals surface area contributed by atoms with Crippen molar-refractivity contribution in [3.8, 4) is 5.75 Å². The first kappa shape index (κ1) is 30.5. The molecule has 2 amide bonds. The number of hydrogen-bond donors (Lipinski definition) is 1. The zero-order chi connectivity index (χ0) is 28.4. The van der Waals surface area contributed by atoms with Gasteiger partial charge >= 0.3 is 0 Å². The van der Waals surface area contributed by atoms with Crippen LogP contribution in [0.1, 0.15) is 57.2 Å². The number of benzene rings is 3. The van der Waals surface area contributed by atoms with E-state index in [-0.39, 0.29) is 30.4 Å². The Labute approximate surface area is 242 Å². The Hall–Kier alpha value is -3.02. The van der Waals surface area contributed by atoms with E-state index in [1.54, 1.807) is 23.1 Å². The Morgan fingerprint density at radius 1 is 0.974 bits per heavy atom. The highest BCUT2D eigenvalue weighted by Crippen LogP contribution is 2.31. The van der Waals surface area contributed by atoms with Crippen LogP contribution in [-0.2, 0) is 28.0 Å². The molecule has 3 aromatic rings. The number of nitrogens with zero attached hydrogens (tertiary/aromatic N) is 1. The van der Waals surface area contributed by atoms with Gasteiger partial charge in [0.1, 0.15) is 11.8 Å². The second-order valence-corrected chi connectivity index (χ2v) is 11.5. The van der Waals surface area contributed by atoms with Crippen molar-refractivity contribution in [1.82, 2.24) is 10.2 Å². The van der Waals surface area contributed by atoms with Crippen LogP contribution in [0.3, 0.4) is 0 Å². The lowest BCUT2D eigenvalue weighted by Gasteiger charge is -2.32. The fourth-order valence-electron chi connectivity index (χ4n) is 4.33. The Morgan fingerprint density at radius 2 is 1.67 bits per heavy atom. The van der Waals surface area contributed by atoms with Crippen molar-refractivity contribution >= 4 is 35.0 Å². The fourth-order valence-corrected chi connectivity index (χ4v) is 4.80. The minimum atomic E-state index is -0.759. The topological polar surface area (TPSA) is 58.6 Å². The second kappa shape index (κ2) is 14.4. The van der Waals surface area contributed by atoms with E-state index in [1.165, 1.54) is 0 Å². The van der Waals surface area contributed by atoms with Crippen molar-refractivity contribution in [2.45, 2.75) is 65.0 Å². The number of amides is 2. The highest BCUT2D eigenvalue weighted by Gasteiger charge is 2.31. The minimum absolute atomic E-state index is 0.137. The molecule has 39 heavy (non-hydrogen) atoms. The maximum atomic E-state index is 13.9. The molecule has 0 saturated carbocycles. The summed E-state index contributed by atoms with van der Waals surface area (Å²) in [4.78, 5) is 29.0. The van der Waals surface area contributed by atoms with Crippen molar-refractivity contribution in [2.75, 3.05) is 13.2 Å². The number of para-hydroxylation sites is 1. The largest absolute Gasteiger partial charge is 0.483 e. The Bertz CT molecular complexity index is 1240. The molecule has 0 fully saturated rings. The van der Waals surface area contributed by atoms with Gasteiger partial charge in [-0.25, -0.2) is 0 Å². The third kappa shape index (κ3) is 9.01. The minimum Gasteiger partial charge on any atom is -0.483 e. The Kier molecular flexibility index (Phi) is 11.3. The van der Waals surface area contributed by atoms with Crippen LogP contribution in [0, 0.1) is 0 Å². The molecular weight excluding hydrogens is 531 g/mol. The van der Waals surface area contributed by atoms with Crippen molar-refractivity contribution in [2.24, 2.45) is 0 Å². The highest BCUT2D eigenvalue weighted by molar-refractivity contribution is 6.35. The summed E-state index contributed by atoms with van der Waals surface area (Å²) in [5.74, 6) is 0.131. The number of unbranched alkanes of at least 4 members (excludes halogenated alkanes) is 1. The third-order valence-electron chi connectivity index (χ3n) is 6.50. The van der Waals surface area contributed by atoms with Crippen LogP contribution < -0.4 is 10.1 Å². The normalized spacial score (nSPS) is 12.1. The lowest BCUT2D eigenvalue weighted by atomic mass is 9.86. The first-order valence-electron chi connectivity index (χ1n) is 13.4. The summed E-state index contributed by atoms with van der Waals surface area (Å²) in [5.41, 5.74) is 2.49. The molecule has 3 aromatic carbocycles. The van der Waals surface area contributed by atoms with Crippen LogP contribution in [0.15, 0.2) is 72.8 Å². The number of hydrogen-bond acceptors (Lipinski definition) is 3. The summed E-state index contributed by atoms with van der Waals surface area (Å²) in [6.07, 6.45) is 2.16. The van der Waals surface area contributed by atoms with Crippen LogP contribution in [0.5, 0.6) is 5.75 Å². The first-order chi connectivity index (χ1) is 18.6. The van der Waals surface area contributed by atoms with Crippen LogP contribution >= 0.6 is 23.2 Å². The first-order valence-corrected chi connectivity index (χ1v) is 14.1. The Morgan fingerprint density at radius 3 is 2.33 bits per heavy atom. The monoisotopic (exact) mass is 568 g/mol. The number of halogens is 2. The van der Waals surface area contributed by atoms with Crippen LogP contribution in [0.2, 0.25) is 10.0 Å².